The van der Waals surface area contributed by atoms with Crippen LogP contribution in [-0.4, -0.2) is 11.7 Å². The van der Waals surface area contributed by atoms with Crippen molar-refractivity contribution in [2.45, 2.75) is 0 Å². The van der Waals surface area contributed by atoms with Crippen molar-refractivity contribution in [1.82, 2.24) is 0 Å². The quantitative estimate of drug-likeness (QED) is 0.591. The Morgan fingerprint density at radius 3 is 2.00 bits per heavy atom. The number of aliphatic hydroxyl groups is 1. The molecule has 1 radical (unpaired) electrons. The second-order valence-electron chi connectivity index (χ2n) is 1.62. The van der Waals surface area contributed by atoms with E-state index in [4.69, 9.17) is 5.11 Å². The number of hydrogen-bond donors (Lipinski definition) is 1. The predicted molar refractivity (Wildman–Crippen MR) is 28.9 cm³/mol. The summed E-state index contributed by atoms with van der Waals surface area (Å²) in [6.45, 7) is 0.243. The molecule has 8 heavy (non-hydrogen) atoms. The summed E-state index contributed by atoms with van der Waals surface area (Å²) >= 11 is 0. The molecule has 0 amide bonds. The molecule has 0 bridgehead atoms. The van der Waals surface area contributed by atoms with E-state index < -0.39 is 0 Å². The van der Waals surface area contributed by atoms with Crippen LogP contribution in [0.3, 0.4) is 0 Å². The van der Waals surface area contributed by atoms with Gasteiger partial charge in [-0.05, 0) is 0 Å². The van der Waals surface area contributed by atoms with Crippen molar-refractivity contribution in [3.8, 4) is 0 Å². The summed E-state index contributed by atoms with van der Waals surface area (Å²) in [6, 6.07) is 0. The third-order valence-corrected chi connectivity index (χ3v) is 1.04. The zero-order valence-electron chi connectivity index (χ0n) is 4.37. The van der Waals surface area contributed by atoms with E-state index in [9.17, 15) is 0 Å². The van der Waals surface area contributed by atoms with Gasteiger partial charge in [0.1, 0.15) is 0 Å². The topological polar surface area (TPSA) is 20.2 Å². The van der Waals surface area contributed by atoms with Gasteiger partial charge in [-0.3, -0.25) is 0 Å². The van der Waals surface area contributed by atoms with Gasteiger partial charge in [0.15, 0.2) is 0 Å². The molecule has 1 aliphatic rings. The van der Waals surface area contributed by atoms with Crippen molar-refractivity contribution in [3.05, 3.63) is 24.3 Å². The summed E-state index contributed by atoms with van der Waals surface area (Å²) in [5, 5.41) is 8.46. The smallest absolute Gasteiger partial charge is 0.0528 e. The molecule has 0 saturated heterocycles. The third-order valence-electron chi connectivity index (χ3n) is 1.04. The third kappa shape index (κ3) is 1.82. The number of rotatable bonds is 1. The molecule has 1 rings (SSSR count). The van der Waals surface area contributed by atoms with E-state index in [0.717, 1.165) is 0 Å². The zero-order chi connectivity index (χ0) is 5.11. The Hall–Kier alpha value is -0.0535. The molecule has 0 unspecified atom stereocenters. The van der Waals surface area contributed by atoms with Gasteiger partial charge in [0.25, 0.3) is 0 Å². The van der Waals surface area contributed by atoms with Crippen LogP contribution < -0.4 is 0 Å². The average Bonchev–Trinajstić information content (AvgIpc) is 2.14. The van der Waals surface area contributed by atoms with Crippen molar-refractivity contribution in [2.75, 3.05) is 6.61 Å². The molecule has 2 heteroatoms. The minimum absolute atomic E-state index is 0. The fraction of sp³-hybridized carbons (Fsp3) is 0.333. The van der Waals surface area contributed by atoms with Crippen LogP contribution in [0.15, 0.2) is 24.3 Å². The van der Waals surface area contributed by atoms with Crippen LogP contribution in [0.1, 0.15) is 0 Å². The van der Waals surface area contributed by atoms with Crippen molar-refractivity contribution >= 4 is 0 Å². The number of allylic oxidation sites excluding steroid dienone is 2. The zero-order valence-corrected chi connectivity index (χ0v) is 5.42. The molecular formula is C6H8CoO. The maximum absolute atomic E-state index is 8.46. The fourth-order valence-electron chi connectivity index (χ4n) is 0.600. The van der Waals surface area contributed by atoms with Crippen molar-refractivity contribution in [1.29, 1.82) is 0 Å². The molecule has 1 N–H and O–H groups in total. The second-order valence-corrected chi connectivity index (χ2v) is 1.62. The van der Waals surface area contributed by atoms with Crippen molar-refractivity contribution in [2.24, 2.45) is 5.92 Å². The van der Waals surface area contributed by atoms with Gasteiger partial charge in [0.05, 0.1) is 6.61 Å². The minimum atomic E-state index is 0. The first kappa shape index (κ1) is 7.95. The van der Waals surface area contributed by atoms with E-state index in [1.165, 1.54) is 0 Å². The van der Waals surface area contributed by atoms with Crippen LogP contribution in [-0.2, 0) is 16.8 Å². The van der Waals surface area contributed by atoms with Gasteiger partial charge in [0.2, 0.25) is 0 Å². The Bertz CT molecular complexity index is 95.1. The van der Waals surface area contributed by atoms with Gasteiger partial charge in [0, 0.05) is 22.7 Å². The molecule has 0 atom stereocenters. The van der Waals surface area contributed by atoms with E-state index in [2.05, 4.69) is 0 Å². The van der Waals surface area contributed by atoms with Crippen LogP contribution in [0.5, 0.6) is 0 Å². The Balaban J connectivity index is 0.000000490. The molecule has 0 spiro atoms. The molecule has 0 aromatic carbocycles. The predicted octanol–water partition coefficient (Wildman–Crippen LogP) is 0.718. The molecule has 1 nitrogen and oxygen atoms in total. The summed E-state index contributed by atoms with van der Waals surface area (Å²) in [7, 11) is 0. The van der Waals surface area contributed by atoms with Crippen LogP contribution >= 0.6 is 0 Å². The van der Waals surface area contributed by atoms with E-state index in [1.54, 1.807) is 0 Å². The van der Waals surface area contributed by atoms with Gasteiger partial charge in [-0.1, -0.05) is 24.3 Å². The summed E-state index contributed by atoms with van der Waals surface area (Å²) < 4.78 is 0. The van der Waals surface area contributed by atoms with E-state index in [-0.39, 0.29) is 23.4 Å². The maximum Gasteiger partial charge on any atom is 0.0528 e. The number of aliphatic hydroxyl groups excluding tert-OH is 1. The van der Waals surface area contributed by atoms with Crippen LogP contribution in [0.2, 0.25) is 0 Å². The molecular weight excluding hydrogens is 147 g/mol. The van der Waals surface area contributed by atoms with Gasteiger partial charge < -0.3 is 5.11 Å². The van der Waals surface area contributed by atoms with E-state index in [1.807, 2.05) is 24.3 Å². The monoisotopic (exact) mass is 155 g/mol. The van der Waals surface area contributed by atoms with Gasteiger partial charge in [-0.15, -0.1) is 0 Å². The Morgan fingerprint density at radius 1 is 1.25 bits per heavy atom. The normalized spacial score (nSPS) is 16.6. The Kier molecular flexibility index (Phi) is 3.86. The van der Waals surface area contributed by atoms with Crippen molar-refractivity contribution in [3.63, 3.8) is 0 Å². The Morgan fingerprint density at radius 2 is 1.75 bits per heavy atom. The molecule has 0 saturated carbocycles. The minimum Gasteiger partial charge on any atom is -0.395 e. The first-order valence-electron chi connectivity index (χ1n) is 2.39. The standard InChI is InChI=1S/C6H8O.Co/c7-5-6-3-1-2-4-6;/h1-4,6-7H,5H2;. The SMILES string of the molecule is OCC1C=CC=C1.[Co]. The molecule has 0 aliphatic heterocycles. The van der Waals surface area contributed by atoms with Crippen LogP contribution in [0, 0.1) is 5.92 Å². The summed E-state index contributed by atoms with van der Waals surface area (Å²) in [5.41, 5.74) is 0. The summed E-state index contributed by atoms with van der Waals surface area (Å²) in [6.07, 6.45) is 7.84. The molecule has 47 valence electrons. The van der Waals surface area contributed by atoms with Crippen molar-refractivity contribution < 1.29 is 21.9 Å². The molecule has 0 heterocycles. The largest absolute Gasteiger partial charge is 0.395 e. The fourth-order valence-corrected chi connectivity index (χ4v) is 0.600. The summed E-state index contributed by atoms with van der Waals surface area (Å²) in [4.78, 5) is 0. The second kappa shape index (κ2) is 3.89. The van der Waals surface area contributed by atoms with Crippen LogP contribution in [0.25, 0.3) is 0 Å². The molecule has 0 aromatic rings. The van der Waals surface area contributed by atoms with Gasteiger partial charge in [-0.2, -0.15) is 0 Å². The maximum atomic E-state index is 8.46. The van der Waals surface area contributed by atoms with Crippen LogP contribution in [0.4, 0.5) is 0 Å². The molecule has 1 aliphatic carbocycles. The number of hydrogen-bond acceptors (Lipinski definition) is 1. The Labute approximate surface area is 59.3 Å². The van der Waals surface area contributed by atoms with E-state index in [0.29, 0.717) is 5.92 Å². The average molecular weight is 155 g/mol. The first-order valence-corrected chi connectivity index (χ1v) is 2.39. The van der Waals surface area contributed by atoms with E-state index >= 15 is 0 Å². The summed E-state index contributed by atoms with van der Waals surface area (Å²) in [5.74, 6) is 0.292. The molecule has 0 aromatic heterocycles. The molecule has 0 fully saturated rings. The van der Waals surface area contributed by atoms with Gasteiger partial charge >= 0.3 is 0 Å². The van der Waals surface area contributed by atoms with Gasteiger partial charge in [-0.25, -0.2) is 0 Å². The first-order chi connectivity index (χ1) is 3.43.